The van der Waals surface area contributed by atoms with Gasteiger partial charge in [0.25, 0.3) is 0 Å². The number of aliphatic carboxylic acids is 1. The van der Waals surface area contributed by atoms with Crippen LogP contribution in [0.25, 0.3) is 0 Å². The molecule has 8 heteroatoms. The topological polar surface area (TPSA) is 67.8 Å². The van der Waals surface area contributed by atoms with Crippen molar-refractivity contribution in [3.05, 3.63) is 18.2 Å². The van der Waals surface area contributed by atoms with Crippen molar-refractivity contribution in [3.63, 3.8) is 0 Å². The van der Waals surface area contributed by atoms with Crippen molar-refractivity contribution in [3.8, 4) is 11.5 Å². The molecular weight excluding hydrogens is 279 g/mol. The Balaban J connectivity index is 2.89. The molecule has 0 spiro atoms. The molecule has 1 unspecified atom stereocenters. The third kappa shape index (κ3) is 3.94. The van der Waals surface area contributed by atoms with Crippen molar-refractivity contribution < 1.29 is 32.5 Å². The number of hydrogen-bond acceptors (Lipinski definition) is 4. The minimum atomic E-state index is -4.83. The van der Waals surface area contributed by atoms with Crippen LogP contribution in [0.2, 0.25) is 0 Å². The molecule has 0 radical (unpaired) electrons. The Hall–Kier alpha value is -2.12. The van der Waals surface area contributed by atoms with Gasteiger partial charge in [-0.05, 0) is 12.1 Å². The lowest BCUT2D eigenvalue weighted by Gasteiger charge is -2.18. The molecule has 1 aromatic carbocycles. The summed E-state index contributed by atoms with van der Waals surface area (Å²) >= 11 is 0. The van der Waals surface area contributed by atoms with Crippen LogP contribution in [0, 0.1) is 5.92 Å². The highest BCUT2D eigenvalue weighted by molar-refractivity contribution is 5.72. The molecule has 0 aliphatic carbocycles. The minimum absolute atomic E-state index is 0.224. The van der Waals surface area contributed by atoms with Crippen molar-refractivity contribution in [1.82, 2.24) is 0 Å². The van der Waals surface area contributed by atoms with Crippen molar-refractivity contribution in [1.29, 1.82) is 0 Å². The van der Waals surface area contributed by atoms with E-state index in [4.69, 9.17) is 14.6 Å². The largest absolute Gasteiger partial charge is 0.497 e. The van der Waals surface area contributed by atoms with Gasteiger partial charge >= 0.3 is 12.1 Å². The minimum Gasteiger partial charge on any atom is -0.497 e. The smallest absolute Gasteiger partial charge is 0.403 e. The number of carboxylic acids is 1. The van der Waals surface area contributed by atoms with E-state index in [1.165, 1.54) is 26.4 Å². The highest BCUT2D eigenvalue weighted by Gasteiger charge is 2.44. The Labute approximate surface area is 113 Å². The molecule has 0 aliphatic heterocycles. The van der Waals surface area contributed by atoms with Crippen molar-refractivity contribution in [2.24, 2.45) is 5.92 Å². The normalized spacial score (nSPS) is 12.7. The molecule has 0 bridgehead atoms. The first-order valence-electron chi connectivity index (χ1n) is 5.55. The lowest BCUT2D eigenvalue weighted by Crippen LogP contribution is -2.36. The van der Waals surface area contributed by atoms with E-state index in [0.29, 0.717) is 5.75 Å². The number of rotatable bonds is 6. The zero-order valence-corrected chi connectivity index (χ0v) is 10.8. The van der Waals surface area contributed by atoms with Crippen LogP contribution in [0.5, 0.6) is 11.5 Å². The average molecular weight is 293 g/mol. The summed E-state index contributed by atoms with van der Waals surface area (Å²) in [6.45, 7) is -0.803. The van der Waals surface area contributed by atoms with Crippen molar-refractivity contribution >= 4 is 11.7 Å². The maximum atomic E-state index is 12.5. The lowest BCUT2D eigenvalue weighted by molar-refractivity contribution is -0.190. The van der Waals surface area contributed by atoms with Crippen LogP contribution < -0.4 is 14.8 Å². The van der Waals surface area contributed by atoms with E-state index in [1.54, 1.807) is 6.07 Å². The quantitative estimate of drug-likeness (QED) is 0.843. The van der Waals surface area contributed by atoms with Gasteiger partial charge in [0.05, 0.1) is 19.9 Å². The van der Waals surface area contributed by atoms with E-state index in [-0.39, 0.29) is 11.4 Å². The van der Waals surface area contributed by atoms with Gasteiger partial charge < -0.3 is 19.9 Å². The summed E-state index contributed by atoms with van der Waals surface area (Å²) in [5, 5.41) is 11.0. The van der Waals surface area contributed by atoms with Gasteiger partial charge in [-0.15, -0.1) is 0 Å². The molecule has 0 fully saturated rings. The summed E-state index contributed by atoms with van der Waals surface area (Å²) in [5.41, 5.74) is 0.224. The van der Waals surface area contributed by atoms with Crippen molar-refractivity contribution in [2.75, 3.05) is 26.1 Å². The zero-order chi connectivity index (χ0) is 15.3. The third-order valence-electron chi connectivity index (χ3n) is 2.60. The molecule has 0 aromatic heterocycles. The van der Waals surface area contributed by atoms with Gasteiger partial charge in [-0.3, -0.25) is 4.79 Å². The maximum absolute atomic E-state index is 12.5. The Kier molecular flexibility index (Phi) is 5.06. The average Bonchev–Trinajstić information content (AvgIpc) is 2.36. The molecule has 1 aromatic rings. The van der Waals surface area contributed by atoms with E-state index in [9.17, 15) is 18.0 Å². The first kappa shape index (κ1) is 15.9. The second-order valence-electron chi connectivity index (χ2n) is 3.88. The molecule has 2 N–H and O–H groups in total. The SMILES string of the molecule is COc1ccc(OC)c(NCC(C(=O)O)C(F)(F)F)c1. The van der Waals surface area contributed by atoms with Crippen LogP contribution in [0.3, 0.4) is 0 Å². The fraction of sp³-hybridized carbons (Fsp3) is 0.417. The number of nitrogens with one attached hydrogen (secondary N) is 1. The number of anilines is 1. The van der Waals surface area contributed by atoms with Gasteiger partial charge in [0.15, 0.2) is 5.92 Å². The molecule has 0 saturated heterocycles. The highest BCUT2D eigenvalue weighted by Crippen LogP contribution is 2.31. The summed E-state index contributed by atoms with van der Waals surface area (Å²) in [5.74, 6) is -3.74. The summed E-state index contributed by atoms with van der Waals surface area (Å²) in [6.07, 6.45) is -4.83. The van der Waals surface area contributed by atoms with E-state index in [1.807, 2.05) is 0 Å². The molecule has 20 heavy (non-hydrogen) atoms. The Morgan fingerprint density at radius 2 is 2.00 bits per heavy atom. The summed E-state index contributed by atoms with van der Waals surface area (Å²) < 4.78 is 47.5. The highest BCUT2D eigenvalue weighted by atomic mass is 19.4. The number of ether oxygens (including phenoxy) is 2. The third-order valence-corrected chi connectivity index (χ3v) is 2.60. The standard InChI is InChI=1S/C12H14F3NO4/c1-19-7-3-4-10(20-2)9(5-7)16-6-8(11(17)18)12(13,14)15/h3-5,8,16H,6H2,1-2H3,(H,17,18). The van der Waals surface area contributed by atoms with E-state index < -0.39 is 24.6 Å². The van der Waals surface area contributed by atoms with Gasteiger partial charge in [0.2, 0.25) is 0 Å². The fourth-order valence-corrected chi connectivity index (χ4v) is 1.51. The summed E-state index contributed by atoms with van der Waals surface area (Å²) in [6, 6.07) is 4.50. The number of halogens is 3. The fourth-order valence-electron chi connectivity index (χ4n) is 1.51. The van der Waals surface area contributed by atoms with Crippen LogP contribution in [0.15, 0.2) is 18.2 Å². The molecule has 0 aliphatic rings. The van der Waals surface area contributed by atoms with Crippen LogP contribution in [-0.4, -0.2) is 38.0 Å². The molecular formula is C12H14F3NO4. The molecule has 112 valence electrons. The molecule has 0 amide bonds. The number of carboxylic acid groups (broad SMARTS) is 1. The summed E-state index contributed by atoms with van der Waals surface area (Å²) in [7, 11) is 2.76. The first-order valence-corrected chi connectivity index (χ1v) is 5.55. The van der Waals surface area contributed by atoms with Crippen molar-refractivity contribution in [2.45, 2.75) is 6.18 Å². The second-order valence-corrected chi connectivity index (χ2v) is 3.88. The first-order chi connectivity index (χ1) is 9.29. The molecule has 0 saturated carbocycles. The van der Waals surface area contributed by atoms with Crippen LogP contribution >= 0.6 is 0 Å². The van der Waals surface area contributed by atoms with Gasteiger partial charge in [0.1, 0.15) is 11.5 Å². The Morgan fingerprint density at radius 3 is 2.45 bits per heavy atom. The molecule has 5 nitrogen and oxygen atoms in total. The zero-order valence-electron chi connectivity index (χ0n) is 10.8. The van der Waals surface area contributed by atoms with E-state index >= 15 is 0 Å². The number of carbonyl (C=O) groups is 1. The Morgan fingerprint density at radius 1 is 1.35 bits per heavy atom. The van der Waals surface area contributed by atoms with Crippen LogP contribution in [0.4, 0.5) is 18.9 Å². The maximum Gasteiger partial charge on any atom is 0.403 e. The summed E-state index contributed by atoms with van der Waals surface area (Å²) in [4.78, 5) is 10.6. The van der Waals surface area contributed by atoms with Crippen LogP contribution in [-0.2, 0) is 4.79 Å². The second kappa shape index (κ2) is 6.36. The predicted molar refractivity (Wildman–Crippen MR) is 65.2 cm³/mol. The van der Waals surface area contributed by atoms with Gasteiger partial charge in [-0.1, -0.05) is 0 Å². The molecule has 0 heterocycles. The number of hydrogen-bond donors (Lipinski definition) is 2. The number of methoxy groups -OCH3 is 2. The lowest BCUT2D eigenvalue weighted by atomic mass is 10.1. The van der Waals surface area contributed by atoms with Gasteiger partial charge in [0, 0.05) is 12.6 Å². The molecule has 1 rings (SSSR count). The number of benzene rings is 1. The van der Waals surface area contributed by atoms with E-state index in [2.05, 4.69) is 5.32 Å². The Bertz CT molecular complexity index is 476. The van der Waals surface area contributed by atoms with Gasteiger partial charge in [-0.25, -0.2) is 0 Å². The van der Waals surface area contributed by atoms with Gasteiger partial charge in [-0.2, -0.15) is 13.2 Å². The monoisotopic (exact) mass is 293 g/mol. The number of alkyl halides is 3. The van der Waals surface area contributed by atoms with Crippen LogP contribution in [0.1, 0.15) is 0 Å². The predicted octanol–water partition coefficient (Wildman–Crippen LogP) is 2.38. The van der Waals surface area contributed by atoms with E-state index in [0.717, 1.165) is 0 Å². The molecule has 1 atom stereocenters.